The molecule has 7 nitrogen and oxygen atoms in total. The van der Waals surface area contributed by atoms with Gasteiger partial charge in [0.1, 0.15) is 12.6 Å². The van der Waals surface area contributed by atoms with Gasteiger partial charge in [-0.25, -0.2) is 9.59 Å². The summed E-state index contributed by atoms with van der Waals surface area (Å²) in [5.41, 5.74) is 4.58. The van der Waals surface area contributed by atoms with Crippen LogP contribution in [0.25, 0.3) is 11.1 Å². The molecule has 0 aromatic heterocycles. The van der Waals surface area contributed by atoms with E-state index in [0.29, 0.717) is 19.3 Å². The first kappa shape index (κ1) is 26.3. The third-order valence-corrected chi connectivity index (χ3v) is 6.48. The van der Waals surface area contributed by atoms with Crippen LogP contribution in [0.15, 0.2) is 48.5 Å². The van der Waals surface area contributed by atoms with Crippen LogP contribution in [0.2, 0.25) is 0 Å². The van der Waals surface area contributed by atoms with E-state index in [2.05, 4.69) is 34.9 Å². The van der Waals surface area contributed by atoms with Crippen molar-refractivity contribution in [2.75, 3.05) is 6.61 Å². The average Bonchev–Trinajstić information content (AvgIpc) is 3.17. The van der Waals surface area contributed by atoms with E-state index in [0.717, 1.165) is 41.5 Å². The molecule has 0 saturated heterocycles. The number of alkyl carbamates (subject to hydrolysis) is 1. The van der Waals surface area contributed by atoms with E-state index in [1.165, 1.54) is 0 Å². The van der Waals surface area contributed by atoms with Crippen molar-refractivity contribution < 1.29 is 24.2 Å². The zero-order valence-electron chi connectivity index (χ0n) is 20.6. The third kappa shape index (κ3) is 7.07. The summed E-state index contributed by atoms with van der Waals surface area (Å²) in [4.78, 5) is 36.7. The zero-order chi connectivity index (χ0) is 25.2. The number of unbranched alkanes of at least 4 members (excludes halogenated alkanes) is 2. The Hall–Kier alpha value is -3.35. The van der Waals surface area contributed by atoms with Gasteiger partial charge in [-0.3, -0.25) is 4.79 Å². The van der Waals surface area contributed by atoms with Crippen molar-refractivity contribution in [3.8, 4) is 11.1 Å². The monoisotopic (exact) mass is 480 g/mol. The van der Waals surface area contributed by atoms with Crippen molar-refractivity contribution in [2.45, 2.75) is 76.8 Å². The van der Waals surface area contributed by atoms with Gasteiger partial charge in [-0.05, 0) is 35.1 Å². The summed E-state index contributed by atoms with van der Waals surface area (Å²) in [5.74, 6) is -1.46. The van der Waals surface area contributed by atoms with Gasteiger partial charge in [-0.1, -0.05) is 88.1 Å². The minimum atomic E-state index is -1.04. The number of hydrogen-bond donors (Lipinski definition) is 3. The van der Waals surface area contributed by atoms with Crippen LogP contribution in [0.5, 0.6) is 0 Å². The highest BCUT2D eigenvalue weighted by Gasteiger charge is 2.29. The van der Waals surface area contributed by atoms with Crippen molar-refractivity contribution >= 4 is 18.0 Å². The van der Waals surface area contributed by atoms with E-state index in [4.69, 9.17) is 4.74 Å². The Morgan fingerprint density at radius 3 is 2.03 bits per heavy atom. The SMILES string of the molecule is CCCCC(CC(=O)N[C@@H](CCCC)C(=O)O)NC(=O)OCC1c2ccccc2-c2ccccc21. The van der Waals surface area contributed by atoms with Gasteiger partial charge in [0.25, 0.3) is 0 Å². The summed E-state index contributed by atoms with van der Waals surface area (Å²) in [5, 5.41) is 14.8. The number of carbonyl (C=O) groups is 3. The molecule has 0 fully saturated rings. The number of benzene rings is 2. The normalized spacial score (nSPS) is 13.9. The molecule has 1 aliphatic rings. The molecule has 3 N–H and O–H groups in total. The largest absolute Gasteiger partial charge is 0.480 e. The Morgan fingerprint density at radius 1 is 0.886 bits per heavy atom. The van der Waals surface area contributed by atoms with E-state index >= 15 is 0 Å². The molecule has 35 heavy (non-hydrogen) atoms. The summed E-state index contributed by atoms with van der Waals surface area (Å²) in [6.45, 7) is 4.21. The summed E-state index contributed by atoms with van der Waals surface area (Å²) in [6.07, 6.45) is 3.76. The lowest BCUT2D eigenvalue weighted by molar-refractivity contribution is -0.142. The summed E-state index contributed by atoms with van der Waals surface area (Å²) in [6, 6.07) is 14.9. The number of carbonyl (C=O) groups excluding carboxylic acids is 2. The zero-order valence-corrected chi connectivity index (χ0v) is 20.6. The minimum Gasteiger partial charge on any atom is -0.480 e. The van der Waals surface area contributed by atoms with Crippen LogP contribution in [-0.4, -0.2) is 41.8 Å². The van der Waals surface area contributed by atoms with E-state index in [1.54, 1.807) is 0 Å². The van der Waals surface area contributed by atoms with E-state index in [1.807, 2.05) is 38.1 Å². The number of carboxylic acids is 1. The molecule has 7 heteroatoms. The van der Waals surface area contributed by atoms with Crippen molar-refractivity contribution in [3.63, 3.8) is 0 Å². The highest BCUT2D eigenvalue weighted by Crippen LogP contribution is 2.44. The van der Waals surface area contributed by atoms with Crippen LogP contribution in [0.1, 0.15) is 75.8 Å². The molecule has 3 rings (SSSR count). The number of carboxylic acid groups (broad SMARTS) is 1. The van der Waals surface area contributed by atoms with Crippen LogP contribution >= 0.6 is 0 Å². The fourth-order valence-corrected chi connectivity index (χ4v) is 4.63. The Labute approximate surface area is 207 Å². The number of amides is 2. The molecule has 1 unspecified atom stereocenters. The molecular formula is C28H36N2O5. The Balaban J connectivity index is 1.59. The average molecular weight is 481 g/mol. The fraction of sp³-hybridized carbons (Fsp3) is 0.464. The molecule has 2 aromatic rings. The van der Waals surface area contributed by atoms with Gasteiger partial charge >= 0.3 is 12.1 Å². The fourth-order valence-electron chi connectivity index (χ4n) is 4.63. The molecule has 0 bridgehead atoms. The second-order valence-electron chi connectivity index (χ2n) is 9.11. The van der Waals surface area contributed by atoms with Gasteiger partial charge in [0.15, 0.2) is 0 Å². The van der Waals surface area contributed by atoms with Crippen LogP contribution in [-0.2, 0) is 14.3 Å². The van der Waals surface area contributed by atoms with E-state index in [-0.39, 0.29) is 24.9 Å². The molecule has 1 aliphatic carbocycles. The van der Waals surface area contributed by atoms with Crippen molar-refractivity contribution in [1.82, 2.24) is 10.6 Å². The highest BCUT2D eigenvalue weighted by molar-refractivity contribution is 5.84. The number of fused-ring (bicyclic) bond motifs is 3. The van der Waals surface area contributed by atoms with Crippen LogP contribution in [0.4, 0.5) is 4.79 Å². The summed E-state index contributed by atoms with van der Waals surface area (Å²) in [7, 11) is 0. The number of hydrogen-bond acceptors (Lipinski definition) is 4. The standard InChI is InChI=1S/C28H36N2O5/c1-3-5-11-19(17-26(31)30-25(27(32)33)16-6-4-2)29-28(34)35-18-24-22-14-9-7-12-20(22)21-13-8-10-15-23(21)24/h7-10,12-15,19,24-25H,3-6,11,16-18H2,1-2H3,(H,29,34)(H,30,31)(H,32,33)/t19?,25-/m0/s1. The number of rotatable bonds is 13. The molecule has 0 radical (unpaired) electrons. The maximum absolute atomic E-state index is 12.7. The van der Waals surface area contributed by atoms with Gasteiger partial charge in [-0.15, -0.1) is 0 Å². The molecular weight excluding hydrogens is 444 g/mol. The van der Waals surface area contributed by atoms with Gasteiger partial charge in [0.05, 0.1) is 0 Å². The Bertz CT molecular complexity index is 976. The predicted molar refractivity (Wildman–Crippen MR) is 135 cm³/mol. The third-order valence-electron chi connectivity index (χ3n) is 6.48. The van der Waals surface area contributed by atoms with Gasteiger partial charge in [0, 0.05) is 18.4 Å². The van der Waals surface area contributed by atoms with Crippen LogP contribution in [0, 0.1) is 0 Å². The lowest BCUT2D eigenvalue weighted by Gasteiger charge is -2.21. The van der Waals surface area contributed by atoms with Gasteiger partial charge in [-0.2, -0.15) is 0 Å². The highest BCUT2D eigenvalue weighted by atomic mass is 16.5. The number of ether oxygens (including phenoxy) is 1. The molecule has 0 aliphatic heterocycles. The molecule has 0 spiro atoms. The molecule has 188 valence electrons. The lowest BCUT2D eigenvalue weighted by atomic mass is 9.98. The van der Waals surface area contributed by atoms with Gasteiger partial charge < -0.3 is 20.5 Å². The summed E-state index contributed by atoms with van der Waals surface area (Å²) < 4.78 is 5.63. The maximum Gasteiger partial charge on any atom is 0.407 e. The topological polar surface area (TPSA) is 105 Å². The number of aliphatic carboxylic acids is 1. The predicted octanol–water partition coefficient (Wildman–Crippen LogP) is 5.23. The molecule has 0 heterocycles. The van der Waals surface area contributed by atoms with Crippen LogP contribution < -0.4 is 10.6 Å². The van der Waals surface area contributed by atoms with Crippen molar-refractivity contribution in [1.29, 1.82) is 0 Å². The number of nitrogens with one attached hydrogen (secondary N) is 2. The quantitative estimate of drug-likeness (QED) is 0.364. The first-order valence-electron chi connectivity index (χ1n) is 12.6. The molecule has 2 aromatic carbocycles. The first-order chi connectivity index (χ1) is 16.9. The first-order valence-corrected chi connectivity index (χ1v) is 12.6. The van der Waals surface area contributed by atoms with Crippen molar-refractivity contribution in [2.24, 2.45) is 0 Å². The maximum atomic E-state index is 12.7. The molecule has 0 saturated carbocycles. The van der Waals surface area contributed by atoms with E-state index in [9.17, 15) is 19.5 Å². The van der Waals surface area contributed by atoms with Crippen molar-refractivity contribution in [3.05, 3.63) is 59.7 Å². The van der Waals surface area contributed by atoms with Gasteiger partial charge in [0.2, 0.25) is 5.91 Å². The molecule has 2 atom stereocenters. The van der Waals surface area contributed by atoms with Crippen LogP contribution in [0.3, 0.4) is 0 Å². The lowest BCUT2D eigenvalue weighted by Crippen LogP contribution is -2.45. The van der Waals surface area contributed by atoms with E-state index < -0.39 is 24.1 Å². The Kier molecular flexibility index (Phi) is 9.70. The smallest absolute Gasteiger partial charge is 0.407 e. The summed E-state index contributed by atoms with van der Waals surface area (Å²) >= 11 is 0. The second kappa shape index (κ2) is 12.9. The molecule has 2 amide bonds. The minimum absolute atomic E-state index is 0.0140. The Morgan fingerprint density at radius 2 is 1.46 bits per heavy atom. The second-order valence-corrected chi connectivity index (χ2v) is 9.11.